The number of hydrogen-bond acceptors (Lipinski definition) is 24. The van der Waals surface area contributed by atoms with E-state index in [9.17, 15) is 121 Å². The average molecular weight is 1620 g/mol. The zero-order valence-electron chi connectivity index (χ0n) is 63.6. The number of para-hydroxylation sites is 2. The number of carboxylic acid groups (broad SMARTS) is 4. The number of Topliss-reactive ketones (excluding diaryl/α,β-unsaturated/α-hetero) is 1. The van der Waals surface area contributed by atoms with E-state index in [1.807, 2.05) is 16.0 Å². The molecule has 1 fully saturated rings. The standard InChI is InChI=1S/C72H101N17O26/c1-5-6-7-8-9-10-11-22-53(93)81-44(25-38-31-76-42-20-15-13-17-39(38)42)66(108)84-45(27-52(75)92)67(109)86-48(30-59(102)103)68(110)89-61-37(4)115-72(114)49(26-51(91)40-18-12-14-19-41(40)74)87-71(113)60(35(2)24-56(96)97)88-69(111)50(34-90)82-55(95)32-77-63(105)46(28-57(98)99)83-62(104)36(3)79-65(107)47(29-58(100)101)85-64(106)43(21-16-23-73)80-54(94)33-78-70(61)112/h12-15,17-20,31,35-37,43-50,60-61,76,90H,5-11,16,21-30,32-34,73-74H2,1-4H3,(H2,75,92)(H,77,105)(H,78,112)(H,79,107)(H,80,94)(H,81,93)(H,82,95)(H,83,104)(H,84,108)(H,85,106)(H,86,109)(H,87,113)(H,88,111)(H,89,110)(H,96,97)(H,98,99)(H,100,101)(H,102,103)/t35-,36-,37?,43+,44+,45-,46+,47+,48+,49+,50-,60+,61+/m1/s1. The number of anilines is 1. The molecular formula is C72H101N17O26. The number of carbonyl (C=O) groups is 20. The number of aromatic amines is 1. The predicted octanol–water partition coefficient (Wildman–Crippen LogP) is -5.62. The molecule has 1 saturated heterocycles. The van der Waals surface area contributed by atoms with Crippen molar-refractivity contribution >= 4 is 135 Å². The fraction of sp³-hybridized carbons (Fsp3) is 0.528. The first kappa shape index (κ1) is 94.7. The van der Waals surface area contributed by atoms with Gasteiger partial charge in [0.2, 0.25) is 82.7 Å². The van der Waals surface area contributed by atoms with E-state index in [0.717, 1.165) is 52.9 Å². The third-order valence-corrected chi connectivity index (χ3v) is 17.9. The molecule has 14 amide bonds. The predicted molar refractivity (Wildman–Crippen MR) is 400 cm³/mol. The average Bonchev–Trinajstić information content (AvgIpc) is 1.72. The van der Waals surface area contributed by atoms with Crippen molar-refractivity contribution in [3.63, 3.8) is 0 Å². The molecule has 43 nitrogen and oxygen atoms in total. The molecular weight excluding hydrogens is 1520 g/mol. The minimum absolute atomic E-state index is 0.0186. The van der Waals surface area contributed by atoms with Crippen LogP contribution in [0.3, 0.4) is 0 Å². The monoisotopic (exact) mass is 1620 g/mol. The number of nitrogen functional groups attached to an aromatic ring is 1. The Labute approximate surface area is 657 Å². The lowest BCUT2D eigenvalue weighted by molar-refractivity contribution is -0.156. The summed E-state index contributed by atoms with van der Waals surface area (Å²) in [6, 6.07) is -10.5. The number of rotatable bonds is 35. The Balaban J connectivity index is 1.87. The molecule has 0 aliphatic carbocycles. The molecule has 2 aromatic carbocycles. The van der Waals surface area contributed by atoms with Crippen LogP contribution >= 0.6 is 0 Å². The van der Waals surface area contributed by atoms with Crippen molar-refractivity contribution < 1.29 is 126 Å². The summed E-state index contributed by atoms with van der Waals surface area (Å²) in [5.41, 5.74) is 18.1. The van der Waals surface area contributed by atoms with Gasteiger partial charge in [-0.25, -0.2) is 4.79 Å². The van der Waals surface area contributed by atoms with Gasteiger partial charge < -0.3 is 122 Å². The first-order valence-corrected chi connectivity index (χ1v) is 36.8. The number of cyclic esters (lactones) is 1. The molecule has 1 aliphatic rings. The van der Waals surface area contributed by atoms with E-state index in [1.54, 1.807) is 30.5 Å². The van der Waals surface area contributed by atoms with Gasteiger partial charge in [-0.15, -0.1) is 0 Å². The number of aromatic nitrogens is 1. The summed E-state index contributed by atoms with van der Waals surface area (Å²) in [4.78, 5) is 276. The van der Waals surface area contributed by atoms with Crippen molar-refractivity contribution in [1.82, 2.24) is 74.1 Å². The summed E-state index contributed by atoms with van der Waals surface area (Å²) in [5, 5.41) is 78.7. The lowest BCUT2D eigenvalue weighted by Gasteiger charge is -2.30. The van der Waals surface area contributed by atoms with E-state index in [4.69, 9.17) is 21.9 Å². The number of amides is 14. The second kappa shape index (κ2) is 47.6. The highest BCUT2D eigenvalue weighted by Gasteiger charge is 2.41. The summed E-state index contributed by atoms with van der Waals surface area (Å²) in [5.74, 6) is -29.7. The number of hydrogen-bond donors (Lipinski definition) is 22. The van der Waals surface area contributed by atoms with Gasteiger partial charge in [0.05, 0.1) is 51.8 Å². The quantitative estimate of drug-likeness (QED) is 0.0113. The highest BCUT2D eigenvalue weighted by atomic mass is 16.5. The summed E-state index contributed by atoms with van der Waals surface area (Å²) in [6.07, 6.45) is -2.33. The van der Waals surface area contributed by atoms with E-state index in [1.165, 1.54) is 24.3 Å². The lowest BCUT2D eigenvalue weighted by Crippen LogP contribution is -2.62. The van der Waals surface area contributed by atoms with Gasteiger partial charge in [0, 0.05) is 47.6 Å². The number of fused-ring (bicyclic) bond motifs is 1. The third kappa shape index (κ3) is 32.5. The summed E-state index contributed by atoms with van der Waals surface area (Å²) < 4.78 is 5.68. The molecule has 1 aromatic heterocycles. The number of aliphatic hydroxyl groups excluding tert-OH is 1. The fourth-order valence-electron chi connectivity index (χ4n) is 11.7. The number of nitrogens with two attached hydrogens (primary N) is 3. The van der Waals surface area contributed by atoms with Gasteiger partial charge in [0.25, 0.3) is 0 Å². The van der Waals surface area contributed by atoms with Gasteiger partial charge in [0.15, 0.2) is 5.78 Å². The number of H-pyrrole nitrogens is 1. The smallest absolute Gasteiger partial charge is 0.329 e. The van der Waals surface area contributed by atoms with Crippen molar-refractivity contribution in [1.29, 1.82) is 0 Å². The van der Waals surface area contributed by atoms with E-state index >= 15 is 0 Å². The number of carbonyl (C=O) groups excluding carboxylic acids is 16. The Morgan fingerprint density at radius 3 is 1.69 bits per heavy atom. The molecule has 630 valence electrons. The van der Waals surface area contributed by atoms with Gasteiger partial charge in [-0.3, -0.25) is 91.1 Å². The normalized spacial score (nSPS) is 21.2. The Hall–Kier alpha value is -12.7. The molecule has 0 spiro atoms. The van der Waals surface area contributed by atoms with Crippen LogP contribution in [0.1, 0.15) is 146 Å². The maximum atomic E-state index is 14.8. The fourth-order valence-corrected chi connectivity index (χ4v) is 11.7. The van der Waals surface area contributed by atoms with Crippen LogP contribution in [0.15, 0.2) is 54.7 Å². The number of unbranched alkanes of at least 4 members (excludes halogenated alkanes) is 6. The number of carboxylic acids is 4. The molecule has 3 aromatic rings. The minimum atomic E-state index is -2.45. The molecule has 1 unspecified atom stereocenters. The molecule has 1 aliphatic heterocycles. The number of aliphatic hydroxyl groups is 1. The highest BCUT2D eigenvalue weighted by molar-refractivity contribution is 6.05. The molecule has 0 saturated carbocycles. The van der Waals surface area contributed by atoms with E-state index in [-0.39, 0.29) is 37.1 Å². The van der Waals surface area contributed by atoms with Gasteiger partial charge in [-0.2, -0.15) is 0 Å². The highest BCUT2D eigenvalue weighted by Crippen LogP contribution is 2.22. The van der Waals surface area contributed by atoms with E-state index < -0.39 is 261 Å². The number of ketones is 1. The first-order chi connectivity index (χ1) is 54.4. The Morgan fingerprint density at radius 2 is 1.09 bits per heavy atom. The second-order valence-corrected chi connectivity index (χ2v) is 27.2. The number of aliphatic carboxylic acids is 4. The zero-order chi connectivity index (χ0) is 85.8. The van der Waals surface area contributed by atoms with Crippen LogP contribution < -0.4 is 86.3 Å². The molecule has 2 heterocycles. The maximum absolute atomic E-state index is 14.8. The Kier molecular flexibility index (Phi) is 39.2. The van der Waals surface area contributed by atoms with Crippen LogP contribution in [0.5, 0.6) is 0 Å². The van der Waals surface area contributed by atoms with E-state index in [2.05, 4.69) is 65.1 Å². The van der Waals surface area contributed by atoms with Crippen LogP contribution in [-0.4, -0.2) is 248 Å². The molecule has 43 heteroatoms. The topological polar surface area (TPSA) is 702 Å². The first-order valence-electron chi connectivity index (χ1n) is 36.8. The summed E-state index contributed by atoms with van der Waals surface area (Å²) in [6.45, 7) is 1.11. The maximum Gasteiger partial charge on any atom is 0.329 e. The number of ether oxygens (including phenoxy) is 1. The van der Waals surface area contributed by atoms with Crippen LogP contribution in [0.25, 0.3) is 10.9 Å². The van der Waals surface area contributed by atoms with Crippen molar-refractivity contribution in [2.75, 3.05) is 32.0 Å². The van der Waals surface area contributed by atoms with Crippen molar-refractivity contribution in [2.45, 2.75) is 209 Å². The molecule has 0 bridgehead atoms. The number of primary amides is 1. The van der Waals surface area contributed by atoms with Gasteiger partial charge in [-0.05, 0) is 69.3 Å². The summed E-state index contributed by atoms with van der Waals surface area (Å²) in [7, 11) is 0. The number of esters is 1. The number of nitrogens with one attached hydrogen (secondary N) is 14. The lowest BCUT2D eigenvalue weighted by atomic mass is 9.96. The van der Waals surface area contributed by atoms with Gasteiger partial charge >= 0.3 is 29.8 Å². The zero-order valence-corrected chi connectivity index (χ0v) is 63.6. The van der Waals surface area contributed by atoms with Crippen LogP contribution in [0, 0.1) is 5.92 Å². The Morgan fingerprint density at radius 1 is 0.548 bits per heavy atom. The molecule has 0 radical (unpaired) electrons. The van der Waals surface area contributed by atoms with Gasteiger partial charge in [-0.1, -0.05) is 82.7 Å². The van der Waals surface area contributed by atoms with Crippen LogP contribution in [0.4, 0.5) is 5.69 Å². The summed E-state index contributed by atoms with van der Waals surface area (Å²) >= 11 is 0. The SMILES string of the molecule is CCCCCCCCCC(=O)N[C@@H](Cc1c[nH]c2ccccc12)C(=O)N[C@H](CC(N)=O)C(=O)N[C@@H](CC(=O)O)C(=O)N[C@@H]1C(=O)NCC(=O)N[C@@H](CCCN)C(=O)N[C@@H](CC(=O)O)C(=O)N[C@H](C)C(=O)N[C@@H](CC(=O)O)C(=O)NCC(=O)N[C@H](CO)C(=O)N[C@@H]([C@H](C)CC(=O)O)C(=O)N[C@@H](CC(=O)c2ccccc2N)C(=O)OC1C. The molecule has 4 rings (SSSR count). The van der Waals surface area contributed by atoms with Crippen molar-refractivity contribution in [2.24, 2.45) is 17.4 Å². The largest absolute Gasteiger partial charge is 0.481 e. The van der Waals surface area contributed by atoms with E-state index in [0.29, 0.717) is 29.3 Å². The van der Waals surface area contributed by atoms with Crippen LogP contribution in [-0.2, 0) is 102 Å². The second-order valence-electron chi connectivity index (χ2n) is 27.2. The van der Waals surface area contributed by atoms with Crippen molar-refractivity contribution in [3.8, 4) is 0 Å². The number of benzene rings is 2. The van der Waals surface area contributed by atoms with Gasteiger partial charge in [0.1, 0.15) is 72.6 Å². The van der Waals surface area contributed by atoms with Crippen LogP contribution in [0.2, 0.25) is 0 Å². The Bertz CT molecular complexity index is 4040. The molecule has 115 heavy (non-hydrogen) atoms. The molecule has 13 atom stereocenters. The molecule has 25 N–H and O–H groups in total. The van der Waals surface area contributed by atoms with Crippen molar-refractivity contribution in [3.05, 3.63) is 65.9 Å². The minimum Gasteiger partial charge on any atom is -0.481 e. The third-order valence-electron chi connectivity index (χ3n) is 17.9.